The summed E-state index contributed by atoms with van der Waals surface area (Å²) in [6, 6.07) is 27.1. The Morgan fingerprint density at radius 3 is 2.25 bits per heavy atom. The summed E-state index contributed by atoms with van der Waals surface area (Å²) in [7, 11) is 0. The summed E-state index contributed by atoms with van der Waals surface area (Å²) < 4.78 is 5.87. The molecule has 6 heteroatoms. The molecule has 158 valence electrons. The van der Waals surface area contributed by atoms with Crippen molar-refractivity contribution in [1.82, 2.24) is 5.43 Å². The van der Waals surface area contributed by atoms with Crippen LogP contribution in [0.3, 0.4) is 0 Å². The molecule has 0 aliphatic heterocycles. The first-order valence-electron chi connectivity index (χ1n) is 9.94. The zero-order chi connectivity index (χ0) is 22.3. The predicted molar refractivity (Wildman–Crippen MR) is 121 cm³/mol. The highest BCUT2D eigenvalue weighted by Crippen LogP contribution is 2.21. The van der Waals surface area contributed by atoms with Gasteiger partial charge in [0.1, 0.15) is 12.4 Å². The maximum absolute atomic E-state index is 12.3. The lowest BCUT2D eigenvalue weighted by atomic mass is 10.1. The number of rotatable bonds is 7. The number of ether oxygens (including phenoxy) is 1. The summed E-state index contributed by atoms with van der Waals surface area (Å²) >= 11 is 0. The second kappa shape index (κ2) is 9.57. The van der Waals surface area contributed by atoms with Gasteiger partial charge in [0.05, 0.1) is 12.2 Å². The topological polar surface area (TPSA) is 90.8 Å². The Balaban J connectivity index is 1.31. The Morgan fingerprint density at radius 2 is 1.53 bits per heavy atom. The molecule has 0 heterocycles. The molecule has 0 spiro atoms. The van der Waals surface area contributed by atoms with E-state index in [-0.39, 0.29) is 11.5 Å². The summed E-state index contributed by atoms with van der Waals surface area (Å²) in [6.07, 6.45) is 1.43. The Labute approximate surface area is 184 Å². The van der Waals surface area contributed by atoms with E-state index >= 15 is 0 Å². The number of hydrazone groups is 1. The van der Waals surface area contributed by atoms with E-state index in [0.717, 1.165) is 22.1 Å². The number of hydrogen-bond acceptors (Lipinski definition) is 5. The van der Waals surface area contributed by atoms with Crippen LogP contribution in [0.25, 0.3) is 10.8 Å². The molecule has 4 aromatic carbocycles. The van der Waals surface area contributed by atoms with E-state index in [9.17, 15) is 14.7 Å². The summed E-state index contributed by atoms with van der Waals surface area (Å²) in [5.74, 6) is -0.810. The molecule has 0 saturated heterocycles. The summed E-state index contributed by atoms with van der Waals surface area (Å²) in [4.78, 5) is 23.0. The third-order valence-electron chi connectivity index (χ3n) is 4.87. The molecule has 0 unspecified atom stereocenters. The van der Waals surface area contributed by atoms with Gasteiger partial charge in [-0.3, -0.25) is 4.79 Å². The molecule has 0 aliphatic carbocycles. The molecule has 0 fully saturated rings. The van der Waals surface area contributed by atoms with Crippen molar-refractivity contribution >= 4 is 28.9 Å². The van der Waals surface area contributed by atoms with Gasteiger partial charge in [-0.15, -0.1) is 0 Å². The number of carbonyl (C=O) groups is 2. The van der Waals surface area contributed by atoms with Crippen molar-refractivity contribution in [1.29, 1.82) is 0 Å². The van der Waals surface area contributed by atoms with Crippen molar-refractivity contribution in [2.24, 2.45) is 5.10 Å². The van der Waals surface area contributed by atoms with Gasteiger partial charge in [-0.2, -0.15) is 5.10 Å². The van der Waals surface area contributed by atoms with Crippen molar-refractivity contribution in [2.45, 2.75) is 6.61 Å². The van der Waals surface area contributed by atoms with Crippen molar-refractivity contribution in [2.75, 3.05) is 0 Å². The standard InChI is InChI=1S/C26H20N2O4/c29-25(28-27-16-18-5-11-22(12-6-18)26(30)31)21-9-7-19(8-10-21)17-32-24-14-13-20-3-1-2-4-23(20)15-24/h1-16H,17H2,(H,28,29)(H,30,31)/p-1/b27-16-. The minimum Gasteiger partial charge on any atom is -0.545 e. The maximum Gasteiger partial charge on any atom is 0.271 e. The van der Waals surface area contributed by atoms with Gasteiger partial charge in [0.2, 0.25) is 0 Å². The molecular formula is C26H19N2O4-. The number of hydrogen-bond donors (Lipinski definition) is 1. The Hall–Kier alpha value is -4.45. The van der Waals surface area contributed by atoms with Gasteiger partial charge in [0.25, 0.3) is 5.91 Å². The van der Waals surface area contributed by atoms with E-state index in [1.165, 1.54) is 18.3 Å². The first kappa shape index (κ1) is 20.8. The van der Waals surface area contributed by atoms with Crippen LogP contribution in [0.15, 0.2) is 96.1 Å². The summed E-state index contributed by atoms with van der Waals surface area (Å²) in [5, 5.41) is 16.9. The summed E-state index contributed by atoms with van der Waals surface area (Å²) in [5.41, 5.74) is 4.58. The molecule has 6 nitrogen and oxygen atoms in total. The molecule has 0 aliphatic rings. The number of carboxylic acids is 1. The van der Waals surface area contributed by atoms with Gasteiger partial charge in [-0.25, -0.2) is 5.43 Å². The fourth-order valence-electron chi connectivity index (χ4n) is 3.11. The first-order valence-corrected chi connectivity index (χ1v) is 9.94. The van der Waals surface area contributed by atoms with Crippen molar-refractivity contribution < 1.29 is 19.4 Å². The molecule has 0 bridgehead atoms. The largest absolute Gasteiger partial charge is 0.545 e. The van der Waals surface area contributed by atoms with Crippen molar-refractivity contribution in [3.8, 4) is 5.75 Å². The predicted octanol–water partition coefficient (Wildman–Crippen LogP) is 3.55. The van der Waals surface area contributed by atoms with Crippen LogP contribution in [-0.4, -0.2) is 18.1 Å². The highest BCUT2D eigenvalue weighted by atomic mass is 16.5. The average molecular weight is 423 g/mol. The Kier molecular flexibility index (Phi) is 6.22. The van der Waals surface area contributed by atoms with Crippen LogP contribution in [0.2, 0.25) is 0 Å². The SMILES string of the molecule is O=C([O-])c1ccc(/C=N\NC(=O)c2ccc(COc3ccc4ccccc4c3)cc2)cc1. The van der Waals surface area contributed by atoms with Crippen molar-refractivity contribution in [3.63, 3.8) is 0 Å². The Bertz CT molecular complexity index is 1280. The monoisotopic (exact) mass is 423 g/mol. The number of nitrogens with zero attached hydrogens (tertiary/aromatic N) is 1. The van der Waals surface area contributed by atoms with E-state index in [2.05, 4.69) is 16.6 Å². The van der Waals surface area contributed by atoms with Gasteiger partial charge in [0, 0.05) is 5.56 Å². The van der Waals surface area contributed by atoms with Gasteiger partial charge in [-0.1, -0.05) is 66.7 Å². The second-order valence-electron chi connectivity index (χ2n) is 7.10. The smallest absolute Gasteiger partial charge is 0.271 e. The van der Waals surface area contributed by atoms with Gasteiger partial charge >= 0.3 is 0 Å². The number of carboxylic acid groups (broad SMARTS) is 1. The molecule has 32 heavy (non-hydrogen) atoms. The number of fused-ring (bicyclic) bond motifs is 1. The number of benzene rings is 4. The lowest BCUT2D eigenvalue weighted by molar-refractivity contribution is -0.255. The quantitative estimate of drug-likeness (QED) is 0.364. The first-order chi connectivity index (χ1) is 15.6. The van der Waals surface area contributed by atoms with Crippen LogP contribution < -0.4 is 15.3 Å². The lowest BCUT2D eigenvalue weighted by Crippen LogP contribution is -2.22. The normalized spacial score (nSPS) is 10.9. The molecule has 0 atom stereocenters. The molecule has 0 saturated carbocycles. The highest BCUT2D eigenvalue weighted by Gasteiger charge is 2.05. The maximum atomic E-state index is 12.3. The number of carbonyl (C=O) groups excluding carboxylic acids is 2. The van der Waals surface area contributed by atoms with Crippen LogP contribution in [-0.2, 0) is 6.61 Å². The van der Waals surface area contributed by atoms with E-state index in [1.54, 1.807) is 24.3 Å². The van der Waals surface area contributed by atoms with Crippen LogP contribution in [0.4, 0.5) is 0 Å². The number of nitrogens with one attached hydrogen (secondary N) is 1. The van der Waals surface area contributed by atoms with Crippen molar-refractivity contribution in [3.05, 3.63) is 113 Å². The van der Waals surface area contributed by atoms with Crippen LogP contribution in [0.1, 0.15) is 31.8 Å². The number of amides is 1. The third-order valence-corrected chi connectivity index (χ3v) is 4.87. The van der Waals surface area contributed by atoms with E-state index in [0.29, 0.717) is 17.7 Å². The fraction of sp³-hybridized carbons (Fsp3) is 0.0385. The summed E-state index contributed by atoms with van der Waals surface area (Å²) in [6.45, 7) is 0.389. The second-order valence-corrected chi connectivity index (χ2v) is 7.10. The third kappa shape index (κ3) is 5.17. The lowest BCUT2D eigenvalue weighted by Gasteiger charge is -2.08. The van der Waals surface area contributed by atoms with Crippen LogP contribution >= 0.6 is 0 Å². The molecule has 1 N–H and O–H groups in total. The fourth-order valence-corrected chi connectivity index (χ4v) is 3.11. The average Bonchev–Trinajstić information content (AvgIpc) is 2.83. The van der Waals surface area contributed by atoms with E-state index < -0.39 is 5.97 Å². The Morgan fingerprint density at radius 1 is 0.844 bits per heavy atom. The van der Waals surface area contributed by atoms with Crippen LogP contribution in [0.5, 0.6) is 5.75 Å². The minimum absolute atomic E-state index is 0.0795. The van der Waals surface area contributed by atoms with Gasteiger partial charge in [-0.05, 0) is 51.7 Å². The minimum atomic E-state index is -1.24. The molecule has 4 rings (SSSR count). The molecule has 4 aromatic rings. The number of aromatic carboxylic acids is 1. The van der Waals surface area contributed by atoms with Gasteiger partial charge < -0.3 is 14.6 Å². The molecule has 0 radical (unpaired) electrons. The highest BCUT2D eigenvalue weighted by molar-refractivity contribution is 5.95. The van der Waals surface area contributed by atoms with E-state index in [1.807, 2.05) is 48.5 Å². The molecule has 1 amide bonds. The zero-order valence-electron chi connectivity index (χ0n) is 17.0. The molecular weight excluding hydrogens is 404 g/mol. The van der Waals surface area contributed by atoms with Crippen LogP contribution in [0, 0.1) is 0 Å². The zero-order valence-corrected chi connectivity index (χ0v) is 17.0. The van der Waals surface area contributed by atoms with Gasteiger partial charge in [0.15, 0.2) is 0 Å². The molecule has 0 aromatic heterocycles. The van der Waals surface area contributed by atoms with E-state index in [4.69, 9.17) is 4.74 Å².